The average Bonchev–Trinajstić information content (AvgIpc) is 3.00. The van der Waals surface area contributed by atoms with Crippen molar-refractivity contribution in [1.29, 1.82) is 0 Å². The van der Waals surface area contributed by atoms with Crippen molar-refractivity contribution in [3.05, 3.63) is 12.5 Å². The summed E-state index contributed by atoms with van der Waals surface area (Å²) in [5.74, 6) is 2.59. The number of rotatable bonds is 2. The lowest BCUT2D eigenvalue weighted by molar-refractivity contribution is -0.0752. The molecule has 0 aliphatic carbocycles. The smallest absolute Gasteiger partial charge is 0.222 e. The third kappa shape index (κ3) is 2.51. The Morgan fingerprint density at radius 1 is 1.52 bits per heavy atom. The second-order valence-electron chi connectivity index (χ2n) is 5.21. The van der Waals surface area contributed by atoms with E-state index in [1.54, 1.807) is 0 Å². The van der Waals surface area contributed by atoms with Crippen LogP contribution in [0.1, 0.15) is 13.2 Å². The highest BCUT2D eigenvalue weighted by Crippen LogP contribution is 2.45. The summed E-state index contributed by atoms with van der Waals surface area (Å²) in [5, 5.41) is 22.4. The number of aliphatic hydroxyl groups is 2. The van der Waals surface area contributed by atoms with Gasteiger partial charge in [-0.2, -0.15) is 4.98 Å². The molecule has 1 fully saturated rings. The molecule has 2 aromatic rings. The number of anilines is 1. The molecule has 3 heterocycles. The lowest BCUT2D eigenvalue weighted by Crippen LogP contribution is -2.43. The molecular weight excluding hydrogens is 345 g/mol. The molecule has 3 rings (SSSR count). The van der Waals surface area contributed by atoms with Crippen LogP contribution in [0.15, 0.2) is 12.5 Å². The van der Waals surface area contributed by atoms with E-state index in [9.17, 15) is 10.2 Å². The maximum atomic E-state index is 10.4. The second-order valence-corrected chi connectivity index (χ2v) is 6.03. The maximum absolute atomic E-state index is 10.4. The molecule has 10 heteroatoms. The highest BCUT2D eigenvalue weighted by atomic mass is 35.5. The van der Waals surface area contributed by atoms with Gasteiger partial charge in [0.05, 0.1) is 18.6 Å². The van der Waals surface area contributed by atoms with E-state index in [-0.39, 0.29) is 5.95 Å². The molecule has 1 aliphatic rings. The summed E-state index contributed by atoms with van der Waals surface area (Å²) in [5.41, 5.74) is 6.44. The topological polar surface area (TPSA) is 119 Å². The number of imidazole rings is 1. The van der Waals surface area contributed by atoms with Crippen molar-refractivity contribution in [1.82, 2.24) is 19.5 Å². The van der Waals surface area contributed by atoms with Crippen LogP contribution in [0.2, 0.25) is 0 Å². The van der Waals surface area contributed by atoms with Gasteiger partial charge in [-0.25, -0.2) is 9.97 Å². The fourth-order valence-electron chi connectivity index (χ4n) is 2.57. The first-order chi connectivity index (χ1) is 10.9. The second kappa shape index (κ2) is 5.78. The van der Waals surface area contributed by atoms with Crippen LogP contribution in [0.3, 0.4) is 0 Å². The molecule has 0 amide bonds. The van der Waals surface area contributed by atoms with Crippen molar-refractivity contribution >= 4 is 40.3 Å². The molecule has 1 saturated heterocycles. The fourth-order valence-corrected chi connectivity index (χ4v) is 3.11. The number of ether oxygens (including phenoxy) is 1. The van der Waals surface area contributed by atoms with E-state index in [4.69, 9.17) is 33.7 Å². The van der Waals surface area contributed by atoms with Crippen molar-refractivity contribution in [2.45, 2.75) is 36.3 Å². The molecule has 23 heavy (non-hydrogen) atoms. The summed E-state index contributed by atoms with van der Waals surface area (Å²) in [6.07, 6.45) is -1.31. The molecule has 0 radical (unpaired) electrons. The summed E-state index contributed by atoms with van der Waals surface area (Å²) < 4.78 is 7.20. The predicted octanol–water partition coefficient (Wildman–Crippen LogP) is 0.225. The Kier molecular flexibility index (Phi) is 4.08. The highest BCUT2D eigenvalue weighted by molar-refractivity contribution is 6.32. The molecule has 0 bridgehead atoms. The van der Waals surface area contributed by atoms with Gasteiger partial charge in [0, 0.05) is 5.38 Å². The van der Waals surface area contributed by atoms with Crippen LogP contribution in [0, 0.1) is 11.3 Å². The van der Waals surface area contributed by atoms with E-state index in [0.29, 0.717) is 11.2 Å². The Morgan fingerprint density at radius 3 is 2.91 bits per heavy atom. The van der Waals surface area contributed by atoms with Gasteiger partial charge >= 0.3 is 0 Å². The van der Waals surface area contributed by atoms with Crippen LogP contribution in [0.25, 0.3) is 11.2 Å². The summed E-state index contributed by atoms with van der Waals surface area (Å²) in [6, 6.07) is 0. The molecular formula is C13H13Cl2N5O3. The molecule has 0 saturated carbocycles. The van der Waals surface area contributed by atoms with Crippen LogP contribution in [0.4, 0.5) is 5.95 Å². The minimum absolute atomic E-state index is 0.0495. The van der Waals surface area contributed by atoms with Gasteiger partial charge < -0.3 is 20.7 Å². The standard InChI is InChI=1S/C13H13Cl2N5O3/c1-6(21)8-9(22)13(15,2-3-14)11(23-8)20-5-18-7-4-17-12(16)19-10(7)20/h4-6,8-9,11,21-22H,1H3,(H2,16,17,19)/t6-,8-,9?,11-,13-/m1/s1. The van der Waals surface area contributed by atoms with Gasteiger partial charge in [-0.15, -0.1) is 0 Å². The number of aliphatic hydroxyl groups excluding tert-OH is 2. The lowest BCUT2D eigenvalue weighted by Gasteiger charge is -2.25. The van der Waals surface area contributed by atoms with Gasteiger partial charge in [0.15, 0.2) is 16.7 Å². The summed E-state index contributed by atoms with van der Waals surface area (Å²) in [6.45, 7) is 1.48. The first-order valence-electron chi connectivity index (χ1n) is 6.67. The van der Waals surface area contributed by atoms with Crippen LogP contribution >= 0.6 is 23.2 Å². The molecule has 0 aromatic carbocycles. The number of hydrogen-bond acceptors (Lipinski definition) is 7. The SMILES string of the molecule is C[C@@H](O)[C@H]1O[C@@H](n2cnc3cnc(N)nc32)[C@@](Cl)(C#CCl)C1O. The van der Waals surface area contributed by atoms with Crippen LogP contribution in [-0.2, 0) is 4.74 Å². The van der Waals surface area contributed by atoms with Gasteiger partial charge in [0.2, 0.25) is 5.95 Å². The van der Waals surface area contributed by atoms with E-state index >= 15 is 0 Å². The number of nitrogens with zero attached hydrogens (tertiary/aromatic N) is 4. The maximum Gasteiger partial charge on any atom is 0.222 e. The molecule has 8 nitrogen and oxygen atoms in total. The van der Waals surface area contributed by atoms with Crippen molar-refractivity contribution in [3.8, 4) is 11.3 Å². The summed E-state index contributed by atoms with van der Waals surface area (Å²) >= 11 is 12.0. The Hall–Kier alpha value is -1.63. The number of alkyl halides is 1. The predicted molar refractivity (Wildman–Crippen MR) is 83.5 cm³/mol. The van der Waals surface area contributed by atoms with E-state index < -0.39 is 29.4 Å². The molecule has 1 unspecified atom stereocenters. The Labute approximate surface area is 141 Å². The van der Waals surface area contributed by atoms with E-state index in [0.717, 1.165) is 0 Å². The molecule has 122 valence electrons. The van der Waals surface area contributed by atoms with Crippen molar-refractivity contribution in [3.63, 3.8) is 0 Å². The number of nitrogens with two attached hydrogens (primary N) is 1. The minimum Gasteiger partial charge on any atom is -0.391 e. The van der Waals surface area contributed by atoms with Gasteiger partial charge in [-0.3, -0.25) is 4.57 Å². The Bertz CT molecular complexity index is 802. The first kappa shape index (κ1) is 16.2. The molecule has 4 N–H and O–H groups in total. The van der Waals surface area contributed by atoms with Gasteiger partial charge in [0.25, 0.3) is 0 Å². The Morgan fingerprint density at radius 2 is 2.26 bits per heavy atom. The van der Waals surface area contributed by atoms with Crippen LogP contribution in [0.5, 0.6) is 0 Å². The quantitative estimate of drug-likeness (QED) is 0.519. The van der Waals surface area contributed by atoms with Crippen LogP contribution < -0.4 is 5.73 Å². The summed E-state index contributed by atoms with van der Waals surface area (Å²) in [4.78, 5) is 10.5. The minimum atomic E-state index is -1.59. The number of halogens is 2. The van der Waals surface area contributed by atoms with Gasteiger partial charge in [-0.1, -0.05) is 17.5 Å². The fraction of sp³-hybridized carbons (Fsp3) is 0.462. The zero-order valence-corrected chi connectivity index (χ0v) is 13.4. The molecule has 0 spiro atoms. The van der Waals surface area contributed by atoms with Crippen LogP contribution in [-0.4, -0.2) is 52.9 Å². The van der Waals surface area contributed by atoms with Crippen molar-refractivity contribution < 1.29 is 14.9 Å². The largest absolute Gasteiger partial charge is 0.391 e. The van der Waals surface area contributed by atoms with Crippen molar-refractivity contribution in [2.75, 3.05) is 5.73 Å². The van der Waals surface area contributed by atoms with Gasteiger partial charge in [-0.05, 0) is 18.5 Å². The first-order valence-corrected chi connectivity index (χ1v) is 7.42. The number of fused-ring (bicyclic) bond motifs is 1. The number of nitrogen functional groups attached to an aromatic ring is 1. The van der Waals surface area contributed by atoms with Gasteiger partial charge in [0.1, 0.15) is 17.7 Å². The van der Waals surface area contributed by atoms with E-state index in [1.165, 1.54) is 24.0 Å². The lowest BCUT2D eigenvalue weighted by atomic mass is 9.97. The van der Waals surface area contributed by atoms with E-state index in [1.807, 2.05) is 0 Å². The van der Waals surface area contributed by atoms with Crippen molar-refractivity contribution in [2.24, 2.45) is 0 Å². The zero-order chi connectivity index (χ0) is 16.8. The molecule has 5 atom stereocenters. The number of aromatic nitrogens is 4. The zero-order valence-electron chi connectivity index (χ0n) is 11.9. The monoisotopic (exact) mass is 357 g/mol. The number of hydrogen-bond donors (Lipinski definition) is 3. The average molecular weight is 358 g/mol. The highest BCUT2D eigenvalue weighted by Gasteiger charge is 2.57. The van der Waals surface area contributed by atoms with E-state index in [2.05, 4.69) is 26.3 Å². The molecule has 2 aromatic heterocycles. The molecule has 1 aliphatic heterocycles. The Balaban J connectivity index is 2.14. The third-order valence-electron chi connectivity index (χ3n) is 3.69. The summed E-state index contributed by atoms with van der Waals surface area (Å²) in [7, 11) is 0. The third-order valence-corrected chi connectivity index (χ3v) is 4.29. The normalized spacial score (nSPS) is 31.8.